The first-order valence-electron chi connectivity index (χ1n) is 6.39. The average Bonchev–Trinajstić information content (AvgIpc) is 1.95. The van der Waals surface area contributed by atoms with Crippen LogP contribution in [0.25, 0.3) is 0 Å². The Kier molecular flexibility index (Phi) is 9.25. The highest BCUT2D eigenvalue weighted by Crippen LogP contribution is 2.43. The Hall–Kier alpha value is 1.40. The second-order valence-corrected chi connectivity index (χ2v) is 9.24. The predicted molar refractivity (Wildman–Crippen MR) is 94.7 cm³/mol. The van der Waals surface area contributed by atoms with E-state index in [1.165, 1.54) is 0 Å². The van der Waals surface area contributed by atoms with Gasteiger partial charge in [0.15, 0.2) is 0 Å². The zero-order valence-electron chi connectivity index (χ0n) is 11.4. The van der Waals surface area contributed by atoms with Gasteiger partial charge in [-0.2, -0.15) is 50.5 Å². The smallest absolute Gasteiger partial charge is 0.000629 e. The van der Waals surface area contributed by atoms with Gasteiger partial charge in [-0.15, -0.1) is 0 Å². The van der Waals surface area contributed by atoms with E-state index in [9.17, 15) is 0 Å². The molecule has 4 heteroatoms. The van der Waals surface area contributed by atoms with Gasteiger partial charge in [-0.05, 0) is 52.1 Å². The number of hydrogen-bond acceptors (Lipinski definition) is 4. The minimum atomic E-state index is 0.282. The zero-order valence-corrected chi connectivity index (χ0v) is 15.0. The second kappa shape index (κ2) is 8.55. The van der Waals surface area contributed by atoms with Crippen LogP contribution in [0, 0.1) is 5.41 Å². The van der Waals surface area contributed by atoms with Crippen LogP contribution in [0.1, 0.15) is 53.4 Å². The molecule has 4 atom stereocenters. The van der Waals surface area contributed by atoms with E-state index in [-0.39, 0.29) is 5.41 Å². The molecule has 0 aliphatic rings. The summed E-state index contributed by atoms with van der Waals surface area (Å²) in [7, 11) is 0. The molecule has 104 valence electrons. The average molecular weight is 313 g/mol. The van der Waals surface area contributed by atoms with Crippen LogP contribution < -0.4 is 0 Å². The largest absolute Gasteiger partial charge is 0.176 e. The molecule has 0 aliphatic heterocycles. The lowest BCUT2D eigenvalue weighted by molar-refractivity contribution is 0.202. The van der Waals surface area contributed by atoms with Gasteiger partial charge < -0.3 is 0 Å². The summed E-state index contributed by atoms with van der Waals surface area (Å²) in [5.41, 5.74) is 0.282. The van der Waals surface area contributed by atoms with Crippen LogP contribution >= 0.6 is 50.5 Å². The van der Waals surface area contributed by atoms with E-state index in [1.807, 2.05) is 0 Å². The van der Waals surface area contributed by atoms with Crippen LogP contribution in [-0.4, -0.2) is 21.0 Å². The fourth-order valence-corrected chi connectivity index (χ4v) is 4.56. The second-order valence-electron chi connectivity index (χ2n) is 5.71. The van der Waals surface area contributed by atoms with Crippen LogP contribution in [0.4, 0.5) is 0 Å². The van der Waals surface area contributed by atoms with Crippen molar-refractivity contribution in [3.05, 3.63) is 0 Å². The molecule has 0 heterocycles. The molecule has 0 aliphatic carbocycles. The third-order valence-electron chi connectivity index (χ3n) is 2.91. The van der Waals surface area contributed by atoms with E-state index in [0.29, 0.717) is 21.0 Å². The van der Waals surface area contributed by atoms with Crippen molar-refractivity contribution in [2.24, 2.45) is 5.41 Å². The first-order chi connectivity index (χ1) is 7.67. The Morgan fingerprint density at radius 3 is 0.882 bits per heavy atom. The summed E-state index contributed by atoms with van der Waals surface area (Å²) in [6.45, 7) is 8.70. The zero-order chi connectivity index (χ0) is 13.6. The lowest BCUT2D eigenvalue weighted by Gasteiger charge is -2.39. The topological polar surface area (TPSA) is 0 Å². The fourth-order valence-electron chi connectivity index (χ4n) is 3.01. The number of thiol groups is 4. The van der Waals surface area contributed by atoms with Crippen molar-refractivity contribution in [1.29, 1.82) is 0 Å². The molecule has 0 saturated heterocycles. The predicted octanol–water partition coefficient (Wildman–Crippen LogP) is 4.81. The summed E-state index contributed by atoms with van der Waals surface area (Å²) < 4.78 is 0. The molecular formula is C13H28S4. The van der Waals surface area contributed by atoms with Crippen molar-refractivity contribution in [3.63, 3.8) is 0 Å². The first kappa shape index (κ1) is 18.4. The van der Waals surface area contributed by atoms with Crippen molar-refractivity contribution in [3.8, 4) is 0 Å². The van der Waals surface area contributed by atoms with E-state index in [1.54, 1.807) is 0 Å². The van der Waals surface area contributed by atoms with Gasteiger partial charge in [0.2, 0.25) is 0 Å². The van der Waals surface area contributed by atoms with E-state index in [0.717, 1.165) is 25.7 Å². The maximum Gasteiger partial charge on any atom is -0.000629 e. The minimum Gasteiger partial charge on any atom is -0.176 e. The highest BCUT2D eigenvalue weighted by atomic mass is 32.1. The fraction of sp³-hybridized carbons (Fsp3) is 1.00. The van der Waals surface area contributed by atoms with Gasteiger partial charge in [0.25, 0.3) is 0 Å². The third kappa shape index (κ3) is 9.01. The highest BCUT2D eigenvalue weighted by molar-refractivity contribution is 7.81. The molecule has 0 aromatic heterocycles. The molecule has 4 unspecified atom stereocenters. The molecular weight excluding hydrogens is 284 g/mol. The molecule has 0 spiro atoms. The summed E-state index contributed by atoms with van der Waals surface area (Å²) in [5.74, 6) is 0. The van der Waals surface area contributed by atoms with Crippen LogP contribution in [0.2, 0.25) is 0 Å². The summed E-state index contributed by atoms with van der Waals surface area (Å²) in [6, 6.07) is 0. The number of rotatable bonds is 8. The maximum atomic E-state index is 4.58. The van der Waals surface area contributed by atoms with Gasteiger partial charge in [0, 0.05) is 0 Å². The third-order valence-corrected chi connectivity index (χ3v) is 3.64. The van der Waals surface area contributed by atoms with Gasteiger partial charge in [0.1, 0.15) is 0 Å². The molecule has 0 bridgehead atoms. The van der Waals surface area contributed by atoms with Crippen LogP contribution in [-0.2, 0) is 0 Å². The van der Waals surface area contributed by atoms with Crippen molar-refractivity contribution in [1.82, 2.24) is 0 Å². The Morgan fingerprint density at radius 2 is 0.765 bits per heavy atom. The van der Waals surface area contributed by atoms with Crippen LogP contribution in [0.3, 0.4) is 0 Å². The normalized spacial score (nSPS) is 22.6. The quantitative estimate of drug-likeness (QED) is 0.454. The Bertz CT molecular complexity index is 154. The van der Waals surface area contributed by atoms with Gasteiger partial charge in [-0.3, -0.25) is 0 Å². The molecule has 0 rings (SSSR count). The van der Waals surface area contributed by atoms with Crippen LogP contribution in [0.5, 0.6) is 0 Å². The van der Waals surface area contributed by atoms with Gasteiger partial charge in [0.05, 0.1) is 0 Å². The van der Waals surface area contributed by atoms with Gasteiger partial charge in [-0.25, -0.2) is 0 Å². The van der Waals surface area contributed by atoms with Crippen molar-refractivity contribution >= 4 is 50.5 Å². The first-order valence-corrected chi connectivity index (χ1v) is 8.45. The minimum absolute atomic E-state index is 0.282. The Balaban J connectivity index is 4.89. The molecule has 17 heavy (non-hydrogen) atoms. The van der Waals surface area contributed by atoms with E-state index in [4.69, 9.17) is 0 Å². The van der Waals surface area contributed by atoms with E-state index < -0.39 is 0 Å². The Morgan fingerprint density at radius 1 is 0.588 bits per heavy atom. The standard InChI is InChI=1S/C13H28S4/c1-9(14)5-13(6-10(2)15,7-11(3)16)8-12(4)17/h9-12,14-17H,5-8H2,1-4H3. The molecule has 0 amide bonds. The van der Waals surface area contributed by atoms with E-state index in [2.05, 4.69) is 78.2 Å². The lowest BCUT2D eigenvalue weighted by Crippen LogP contribution is -2.31. The molecule has 0 saturated carbocycles. The molecule has 0 nitrogen and oxygen atoms in total. The molecule has 0 radical (unpaired) electrons. The van der Waals surface area contributed by atoms with Crippen molar-refractivity contribution in [2.75, 3.05) is 0 Å². The van der Waals surface area contributed by atoms with Gasteiger partial charge >= 0.3 is 0 Å². The molecule has 0 fully saturated rings. The van der Waals surface area contributed by atoms with Gasteiger partial charge in [-0.1, -0.05) is 27.7 Å². The SMILES string of the molecule is CC(S)CC(CC(C)S)(CC(C)S)CC(C)S. The highest BCUT2D eigenvalue weighted by Gasteiger charge is 2.34. The van der Waals surface area contributed by atoms with Crippen molar-refractivity contribution in [2.45, 2.75) is 74.4 Å². The molecule has 0 aromatic rings. The van der Waals surface area contributed by atoms with Crippen LogP contribution in [0.15, 0.2) is 0 Å². The Labute approximate surface area is 130 Å². The lowest BCUT2D eigenvalue weighted by atomic mass is 9.72. The van der Waals surface area contributed by atoms with E-state index >= 15 is 0 Å². The number of hydrogen-bond donors (Lipinski definition) is 4. The summed E-state index contributed by atoms with van der Waals surface area (Å²) in [4.78, 5) is 0. The molecule has 0 N–H and O–H groups in total. The summed E-state index contributed by atoms with van der Waals surface area (Å²) in [5, 5.41) is 1.67. The maximum absolute atomic E-state index is 4.58. The molecule has 0 aromatic carbocycles. The monoisotopic (exact) mass is 312 g/mol. The van der Waals surface area contributed by atoms with Crippen molar-refractivity contribution < 1.29 is 0 Å². The summed E-state index contributed by atoms with van der Waals surface area (Å²) >= 11 is 18.3. The summed E-state index contributed by atoms with van der Waals surface area (Å²) in [6.07, 6.45) is 4.49.